The van der Waals surface area contributed by atoms with E-state index in [2.05, 4.69) is 25.8 Å². The van der Waals surface area contributed by atoms with Crippen LogP contribution in [-0.4, -0.2) is 41.0 Å². The van der Waals surface area contributed by atoms with Gasteiger partial charge in [0.1, 0.15) is 6.10 Å². The van der Waals surface area contributed by atoms with Crippen LogP contribution in [0.4, 0.5) is 5.69 Å². The molecule has 0 aromatic carbocycles. The van der Waals surface area contributed by atoms with Gasteiger partial charge >= 0.3 is 5.69 Å². The van der Waals surface area contributed by atoms with Gasteiger partial charge in [-0.2, -0.15) is 0 Å². The van der Waals surface area contributed by atoms with Crippen molar-refractivity contribution in [2.45, 2.75) is 25.0 Å². The summed E-state index contributed by atoms with van der Waals surface area (Å²) in [7, 11) is 4.03. The van der Waals surface area contributed by atoms with Crippen molar-refractivity contribution < 1.29 is 9.66 Å². The second kappa shape index (κ2) is 5.19. The van der Waals surface area contributed by atoms with E-state index in [-0.39, 0.29) is 17.7 Å². The van der Waals surface area contributed by atoms with Crippen LogP contribution in [0.2, 0.25) is 0 Å². The van der Waals surface area contributed by atoms with Crippen LogP contribution in [0.1, 0.15) is 12.8 Å². The van der Waals surface area contributed by atoms with E-state index in [1.54, 1.807) is 0 Å². The molecule has 18 heavy (non-hydrogen) atoms. The van der Waals surface area contributed by atoms with E-state index in [1.807, 2.05) is 14.1 Å². The minimum absolute atomic E-state index is 0.0183. The molecule has 1 fully saturated rings. The van der Waals surface area contributed by atoms with E-state index in [0.29, 0.717) is 10.5 Å². The average Bonchev–Trinajstić information content (AvgIpc) is 2.23. The monoisotopic (exact) mass is 315 g/mol. The highest BCUT2D eigenvalue weighted by Gasteiger charge is 2.34. The summed E-state index contributed by atoms with van der Waals surface area (Å²) < 4.78 is 6.15. The van der Waals surface area contributed by atoms with Crippen molar-refractivity contribution in [1.29, 1.82) is 0 Å². The van der Waals surface area contributed by atoms with Gasteiger partial charge in [-0.3, -0.25) is 10.1 Å². The van der Waals surface area contributed by atoms with Crippen LogP contribution in [0.25, 0.3) is 0 Å². The van der Waals surface area contributed by atoms with E-state index in [1.165, 1.54) is 12.3 Å². The predicted molar refractivity (Wildman–Crippen MR) is 69.7 cm³/mol. The molecule has 2 rings (SSSR count). The van der Waals surface area contributed by atoms with Crippen molar-refractivity contribution in [3.8, 4) is 5.88 Å². The third-order valence-electron chi connectivity index (χ3n) is 3.07. The van der Waals surface area contributed by atoms with Crippen LogP contribution in [0.3, 0.4) is 0 Å². The molecular weight excluding hydrogens is 302 g/mol. The number of halogens is 1. The summed E-state index contributed by atoms with van der Waals surface area (Å²) in [6.45, 7) is 0. The third kappa shape index (κ3) is 2.78. The van der Waals surface area contributed by atoms with Crippen molar-refractivity contribution in [3.63, 3.8) is 0 Å². The van der Waals surface area contributed by atoms with E-state index < -0.39 is 4.92 Å². The number of nitro groups is 1. The first kappa shape index (κ1) is 13.2. The average molecular weight is 316 g/mol. The summed E-state index contributed by atoms with van der Waals surface area (Å²) in [4.78, 5) is 16.5. The van der Waals surface area contributed by atoms with Gasteiger partial charge in [-0.15, -0.1) is 0 Å². The molecule has 0 unspecified atom stereocenters. The van der Waals surface area contributed by atoms with Crippen molar-refractivity contribution >= 4 is 21.6 Å². The van der Waals surface area contributed by atoms with Gasteiger partial charge < -0.3 is 9.64 Å². The van der Waals surface area contributed by atoms with Crippen LogP contribution in [0, 0.1) is 10.1 Å². The van der Waals surface area contributed by atoms with Crippen molar-refractivity contribution in [3.05, 3.63) is 26.9 Å². The van der Waals surface area contributed by atoms with Crippen molar-refractivity contribution in [2.24, 2.45) is 0 Å². The Hall–Kier alpha value is -1.21. The number of hydrogen-bond donors (Lipinski definition) is 0. The summed E-state index contributed by atoms with van der Waals surface area (Å²) in [5.41, 5.74) is -0.0994. The molecule has 1 heterocycles. The van der Waals surface area contributed by atoms with E-state index in [0.717, 1.165) is 12.8 Å². The first-order chi connectivity index (χ1) is 8.47. The quantitative estimate of drug-likeness (QED) is 0.629. The van der Waals surface area contributed by atoms with Crippen LogP contribution in [0.15, 0.2) is 16.7 Å². The Kier molecular flexibility index (Phi) is 3.82. The molecule has 0 N–H and O–H groups in total. The van der Waals surface area contributed by atoms with E-state index in [4.69, 9.17) is 4.74 Å². The molecule has 1 aliphatic rings. The second-order valence-electron chi connectivity index (χ2n) is 4.56. The fraction of sp³-hybridized carbons (Fsp3) is 0.545. The Morgan fingerprint density at radius 1 is 1.56 bits per heavy atom. The molecule has 0 bridgehead atoms. The summed E-state index contributed by atoms with van der Waals surface area (Å²) in [6.07, 6.45) is 3.28. The molecule has 0 radical (unpaired) electrons. The molecule has 6 nitrogen and oxygen atoms in total. The summed E-state index contributed by atoms with van der Waals surface area (Å²) >= 11 is 3.16. The fourth-order valence-electron chi connectivity index (χ4n) is 1.85. The lowest BCUT2D eigenvalue weighted by atomic mass is 9.88. The zero-order valence-corrected chi connectivity index (χ0v) is 11.8. The number of rotatable bonds is 4. The van der Waals surface area contributed by atoms with Gasteiger partial charge in [-0.1, -0.05) is 0 Å². The van der Waals surface area contributed by atoms with Gasteiger partial charge in [-0.25, -0.2) is 4.98 Å². The molecule has 1 aromatic rings. The molecule has 1 aliphatic carbocycles. The van der Waals surface area contributed by atoms with Crippen LogP contribution < -0.4 is 4.74 Å². The smallest absolute Gasteiger partial charge is 0.332 e. The van der Waals surface area contributed by atoms with Crippen molar-refractivity contribution in [2.75, 3.05) is 14.1 Å². The Balaban J connectivity index is 2.04. The van der Waals surface area contributed by atoms with E-state index >= 15 is 0 Å². The second-order valence-corrected chi connectivity index (χ2v) is 5.48. The largest absolute Gasteiger partial charge is 0.469 e. The zero-order chi connectivity index (χ0) is 13.3. The van der Waals surface area contributed by atoms with Gasteiger partial charge in [0.15, 0.2) is 0 Å². The first-order valence-electron chi connectivity index (χ1n) is 5.60. The van der Waals surface area contributed by atoms with Gasteiger partial charge in [0, 0.05) is 35.6 Å². The maximum Gasteiger partial charge on any atom is 0.332 e. The summed E-state index contributed by atoms with van der Waals surface area (Å²) in [5.74, 6) is 0.102. The lowest BCUT2D eigenvalue weighted by Gasteiger charge is -2.38. The molecule has 0 amide bonds. The molecule has 7 heteroatoms. The summed E-state index contributed by atoms with van der Waals surface area (Å²) in [6, 6.07) is 1.90. The SMILES string of the molecule is CN(C)C1CC(Oc2ncc(Br)cc2[N+](=O)[O-])C1. The maximum absolute atomic E-state index is 10.9. The van der Waals surface area contributed by atoms with Crippen molar-refractivity contribution in [1.82, 2.24) is 9.88 Å². The van der Waals surface area contributed by atoms with Gasteiger partial charge in [0.05, 0.1) is 4.92 Å². The van der Waals surface area contributed by atoms with Crippen LogP contribution in [0.5, 0.6) is 5.88 Å². The molecular formula is C11H14BrN3O3. The molecule has 1 saturated carbocycles. The lowest BCUT2D eigenvalue weighted by Crippen LogP contribution is -2.46. The minimum Gasteiger partial charge on any atom is -0.469 e. The number of aromatic nitrogens is 1. The molecule has 98 valence electrons. The number of hydrogen-bond acceptors (Lipinski definition) is 5. The third-order valence-corrected chi connectivity index (χ3v) is 3.51. The predicted octanol–water partition coefficient (Wildman–Crippen LogP) is 2.22. The Morgan fingerprint density at radius 2 is 2.22 bits per heavy atom. The first-order valence-corrected chi connectivity index (χ1v) is 6.39. The number of pyridine rings is 1. The number of nitrogens with zero attached hydrogens (tertiary/aromatic N) is 3. The topological polar surface area (TPSA) is 68.5 Å². The normalized spacial score (nSPS) is 22.7. The molecule has 0 aliphatic heterocycles. The number of ether oxygens (including phenoxy) is 1. The zero-order valence-electron chi connectivity index (χ0n) is 10.2. The highest BCUT2D eigenvalue weighted by atomic mass is 79.9. The molecule has 0 saturated heterocycles. The fourth-order valence-corrected chi connectivity index (χ4v) is 2.17. The summed E-state index contributed by atoms with van der Waals surface area (Å²) in [5, 5.41) is 10.9. The van der Waals surface area contributed by atoms with Gasteiger partial charge in [0.25, 0.3) is 5.88 Å². The van der Waals surface area contributed by atoms with E-state index in [9.17, 15) is 10.1 Å². The molecule has 0 spiro atoms. The highest BCUT2D eigenvalue weighted by Crippen LogP contribution is 2.33. The lowest BCUT2D eigenvalue weighted by molar-refractivity contribution is -0.386. The Labute approximate surface area is 113 Å². The molecule has 0 atom stereocenters. The standard InChI is InChI=1S/C11H14BrN3O3/c1-14(2)8-4-9(5-8)18-11-10(15(16)17)3-7(12)6-13-11/h3,6,8-9H,4-5H2,1-2H3. The Bertz CT molecular complexity index is 461. The minimum atomic E-state index is -0.477. The Morgan fingerprint density at radius 3 is 2.78 bits per heavy atom. The van der Waals surface area contributed by atoms with Crippen LogP contribution >= 0.6 is 15.9 Å². The molecule has 1 aromatic heterocycles. The maximum atomic E-state index is 10.9. The van der Waals surface area contributed by atoms with Crippen LogP contribution in [-0.2, 0) is 0 Å². The highest BCUT2D eigenvalue weighted by molar-refractivity contribution is 9.10. The van der Waals surface area contributed by atoms with Gasteiger partial charge in [0.2, 0.25) is 0 Å². The van der Waals surface area contributed by atoms with Gasteiger partial charge in [-0.05, 0) is 30.0 Å².